The molecule has 4 nitrogen and oxygen atoms in total. The number of benzene rings is 1. The lowest BCUT2D eigenvalue weighted by atomic mass is 9.90. The van der Waals surface area contributed by atoms with Gasteiger partial charge < -0.3 is 15.0 Å². The van der Waals surface area contributed by atoms with Crippen molar-refractivity contribution in [3.8, 4) is 5.75 Å². The summed E-state index contributed by atoms with van der Waals surface area (Å²) in [5.41, 5.74) is 0.823. The summed E-state index contributed by atoms with van der Waals surface area (Å²) in [4.78, 5) is 14.2. The van der Waals surface area contributed by atoms with Crippen molar-refractivity contribution in [1.29, 1.82) is 0 Å². The van der Waals surface area contributed by atoms with E-state index in [0.29, 0.717) is 12.3 Å². The molecule has 110 valence electrons. The Balaban J connectivity index is 2.04. The second-order valence-corrected chi connectivity index (χ2v) is 5.51. The van der Waals surface area contributed by atoms with Crippen LogP contribution < -0.4 is 15.0 Å². The summed E-state index contributed by atoms with van der Waals surface area (Å²) in [5, 5.41) is 3.46. The molecule has 1 heterocycles. The van der Waals surface area contributed by atoms with Gasteiger partial charge in [0.15, 0.2) is 0 Å². The molecule has 1 aromatic carbocycles. The van der Waals surface area contributed by atoms with Crippen LogP contribution in [0.15, 0.2) is 24.3 Å². The smallest absolute Gasteiger partial charge is 0.228 e. The number of nitrogens with zero attached hydrogens (tertiary/aromatic N) is 1. The number of rotatable bonds is 4. The molecule has 2 atom stereocenters. The number of ether oxygens (including phenoxy) is 1. The fourth-order valence-electron chi connectivity index (χ4n) is 2.75. The first-order valence-electron chi connectivity index (χ1n) is 7.26. The van der Waals surface area contributed by atoms with Crippen molar-refractivity contribution in [2.75, 3.05) is 25.6 Å². The van der Waals surface area contributed by atoms with Crippen LogP contribution in [0.1, 0.15) is 26.2 Å². The number of piperidine rings is 1. The molecule has 1 fully saturated rings. The van der Waals surface area contributed by atoms with Gasteiger partial charge in [-0.15, -0.1) is 0 Å². The molecule has 2 unspecified atom stereocenters. The Kier molecular flexibility index (Phi) is 5.01. The maximum absolute atomic E-state index is 12.5. The molecular weight excluding hydrogens is 252 g/mol. The van der Waals surface area contributed by atoms with Gasteiger partial charge in [-0.1, -0.05) is 19.1 Å². The maximum atomic E-state index is 12.5. The second kappa shape index (κ2) is 6.75. The first-order chi connectivity index (χ1) is 9.63. The van der Waals surface area contributed by atoms with Gasteiger partial charge in [-0.2, -0.15) is 0 Å². The minimum Gasteiger partial charge on any atom is -0.495 e. The summed E-state index contributed by atoms with van der Waals surface area (Å²) in [7, 11) is 3.44. The molecule has 2 rings (SSSR count). The monoisotopic (exact) mass is 276 g/mol. The average molecular weight is 276 g/mol. The fourth-order valence-corrected chi connectivity index (χ4v) is 2.75. The highest BCUT2D eigenvalue weighted by Crippen LogP contribution is 2.28. The second-order valence-electron chi connectivity index (χ2n) is 5.51. The predicted octanol–water partition coefficient (Wildman–Crippen LogP) is 2.44. The van der Waals surface area contributed by atoms with Crippen LogP contribution in [-0.2, 0) is 4.79 Å². The zero-order valence-electron chi connectivity index (χ0n) is 12.6. The predicted molar refractivity (Wildman–Crippen MR) is 81.2 cm³/mol. The first-order valence-corrected chi connectivity index (χ1v) is 7.26. The molecule has 1 amide bonds. The number of para-hydroxylation sites is 2. The quantitative estimate of drug-likeness (QED) is 0.918. The zero-order chi connectivity index (χ0) is 14.5. The van der Waals surface area contributed by atoms with Gasteiger partial charge >= 0.3 is 0 Å². The number of hydrogen-bond donors (Lipinski definition) is 1. The van der Waals surface area contributed by atoms with E-state index in [0.717, 1.165) is 18.0 Å². The minimum absolute atomic E-state index is 0.126. The molecule has 20 heavy (non-hydrogen) atoms. The Morgan fingerprint density at radius 1 is 1.45 bits per heavy atom. The van der Waals surface area contributed by atoms with Crippen molar-refractivity contribution in [2.24, 2.45) is 5.92 Å². The van der Waals surface area contributed by atoms with E-state index in [1.807, 2.05) is 31.3 Å². The van der Waals surface area contributed by atoms with Crippen LogP contribution >= 0.6 is 0 Å². The van der Waals surface area contributed by atoms with Crippen molar-refractivity contribution >= 4 is 11.6 Å². The highest BCUT2D eigenvalue weighted by atomic mass is 16.5. The lowest BCUT2D eigenvalue weighted by Crippen LogP contribution is -2.44. The van der Waals surface area contributed by atoms with Crippen LogP contribution in [0, 0.1) is 5.92 Å². The Morgan fingerprint density at radius 2 is 2.20 bits per heavy atom. The Hall–Kier alpha value is -1.55. The summed E-state index contributed by atoms with van der Waals surface area (Å²) < 4.78 is 5.32. The molecule has 1 N–H and O–H groups in total. The van der Waals surface area contributed by atoms with E-state index in [1.54, 1.807) is 12.0 Å². The number of carbonyl (C=O) groups excluding carboxylic acids is 1. The molecule has 0 spiro atoms. The third-order valence-corrected chi connectivity index (χ3v) is 4.14. The average Bonchev–Trinajstić information content (AvgIpc) is 2.48. The Labute approximate surface area is 121 Å². The molecule has 0 aliphatic carbocycles. The highest BCUT2D eigenvalue weighted by molar-refractivity contribution is 5.94. The van der Waals surface area contributed by atoms with E-state index in [2.05, 4.69) is 12.2 Å². The van der Waals surface area contributed by atoms with E-state index in [9.17, 15) is 4.79 Å². The van der Waals surface area contributed by atoms with Gasteiger partial charge in [-0.25, -0.2) is 0 Å². The minimum atomic E-state index is 0.126. The number of nitrogens with one attached hydrogen (secondary N) is 1. The van der Waals surface area contributed by atoms with Gasteiger partial charge in [0.2, 0.25) is 5.91 Å². The van der Waals surface area contributed by atoms with Gasteiger partial charge in [0.1, 0.15) is 5.75 Å². The van der Waals surface area contributed by atoms with Crippen molar-refractivity contribution in [2.45, 2.75) is 32.2 Å². The SMILES string of the molecule is COc1ccccc1N(C)C(=O)CC1NCCCC1C. The lowest BCUT2D eigenvalue weighted by Gasteiger charge is -2.31. The first kappa shape index (κ1) is 14.9. The fraction of sp³-hybridized carbons (Fsp3) is 0.562. The molecule has 0 saturated carbocycles. The summed E-state index contributed by atoms with van der Waals surface area (Å²) >= 11 is 0. The zero-order valence-corrected chi connectivity index (χ0v) is 12.6. The van der Waals surface area contributed by atoms with Crippen LogP contribution in [0.2, 0.25) is 0 Å². The van der Waals surface area contributed by atoms with Crippen LogP contribution in [0.4, 0.5) is 5.69 Å². The van der Waals surface area contributed by atoms with Crippen molar-refractivity contribution in [3.63, 3.8) is 0 Å². The van der Waals surface area contributed by atoms with Crippen LogP contribution in [0.25, 0.3) is 0 Å². The molecule has 4 heteroatoms. The molecule has 0 radical (unpaired) electrons. The van der Waals surface area contributed by atoms with Gasteiger partial charge in [0.25, 0.3) is 0 Å². The van der Waals surface area contributed by atoms with Gasteiger partial charge in [-0.05, 0) is 37.4 Å². The molecule has 1 saturated heterocycles. The third kappa shape index (κ3) is 3.31. The van der Waals surface area contributed by atoms with Gasteiger partial charge in [0, 0.05) is 19.5 Å². The molecule has 1 aliphatic heterocycles. The van der Waals surface area contributed by atoms with E-state index in [1.165, 1.54) is 12.8 Å². The normalized spacial score (nSPS) is 22.4. The Bertz CT molecular complexity index is 462. The van der Waals surface area contributed by atoms with E-state index in [4.69, 9.17) is 4.74 Å². The third-order valence-electron chi connectivity index (χ3n) is 4.14. The topological polar surface area (TPSA) is 41.6 Å². The van der Waals surface area contributed by atoms with Crippen LogP contribution in [0.5, 0.6) is 5.75 Å². The number of hydrogen-bond acceptors (Lipinski definition) is 3. The maximum Gasteiger partial charge on any atom is 0.228 e. The molecule has 1 aromatic rings. The molecule has 1 aliphatic rings. The number of methoxy groups -OCH3 is 1. The van der Waals surface area contributed by atoms with Crippen molar-refractivity contribution < 1.29 is 9.53 Å². The summed E-state index contributed by atoms with van der Waals surface area (Å²) in [5.74, 6) is 1.41. The summed E-state index contributed by atoms with van der Waals surface area (Å²) in [6.07, 6.45) is 2.94. The number of anilines is 1. The lowest BCUT2D eigenvalue weighted by molar-refractivity contribution is -0.119. The van der Waals surface area contributed by atoms with E-state index in [-0.39, 0.29) is 11.9 Å². The standard InChI is InChI=1S/C16H24N2O2/c1-12-7-6-10-17-13(12)11-16(19)18(2)14-8-4-5-9-15(14)20-3/h4-5,8-9,12-13,17H,6-7,10-11H2,1-3H3. The Morgan fingerprint density at radius 3 is 2.90 bits per heavy atom. The van der Waals surface area contributed by atoms with E-state index >= 15 is 0 Å². The summed E-state index contributed by atoms with van der Waals surface area (Å²) in [6, 6.07) is 7.90. The molecule has 0 aromatic heterocycles. The highest BCUT2D eigenvalue weighted by Gasteiger charge is 2.25. The van der Waals surface area contributed by atoms with Gasteiger partial charge in [0.05, 0.1) is 12.8 Å². The van der Waals surface area contributed by atoms with Gasteiger partial charge in [-0.3, -0.25) is 4.79 Å². The molecular formula is C16H24N2O2. The van der Waals surface area contributed by atoms with E-state index < -0.39 is 0 Å². The molecule has 0 bridgehead atoms. The van der Waals surface area contributed by atoms with Crippen molar-refractivity contribution in [3.05, 3.63) is 24.3 Å². The van der Waals surface area contributed by atoms with Crippen LogP contribution in [0.3, 0.4) is 0 Å². The van der Waals surface area contributed by atoms with Crippen molar-refractivity contribution in [1.82, 2.24) is 5.32 Å². The summed E-state index contributed by atoms with van der Waals surface area (Å²) in [6.45, 7) is 3.23. The largest absolute Gasteiger partial charge is 0.495 e. The number of amides is 1. The van der Waals surface area contributed by atoms with Crippen LogP contribution in [-0.4, -0.2) is 32.7 Å². The number of carbonyl (C=O) groups is 1.